The van der Waals surface area contributed by atoms with Gasteiger partial charge in [-0.1, -0.05) is 27.7 Å². The summed E-state index contributed by atoms with van der Waals surface area (Å²) in [5.41, 5.74) is 3.78. The summed E-state index contributed by atoms with van der Waals surface area (Å²) < 4.78 is 0. The summed E-state index contributed by atoms with van der Waals surface area (Å²) >= 11 is 0. The van der Waals surface area contributed by atoms with Gasteiger partial charge in [-0.05, 0) is 24.4 Å². The van der Waals surface area contributed by atoms with Gasteiger partial charge in [0, 0.05) is 12.2 Å². The second kappa shape index (κ2) is 5.81. The van der Waals surface area contributed by atoms with E-state index in [0.717, 1.165) is 19.5 Å². The SMILES string of the molecule is CC.CC(C)c1ncnc2c1CCNC2. The van der Waals surface area contributed by atoms with Gasteiger partial charge in [-0.25, -0.2) is 9.97 Å². The van der Waals surface area contributed by atoms with Gasteiger partial charge in [-0.3, -0.25) is 0 Å². The predicted octanol–water partition coefficient (Wildman–Crippen LogP) is 2.27. The molecule has 0 fully saturated rings. The van der Waals surface area contributed by atoms with Gasteiger partial charge in [0.1, 0.15) is 6.33 Å². The topological polar surface area (TPSA) is 37.8 Å². The number of hydrogen-bond acceptors (Lipinski definition) is 3. The maximum atomic E-state index is 4.35. The molecule has 1 aliphatic rings. The van der Waals surface area contributed by atoms with E-state index in [0.29, 0.717) is 5.92 Å². The lowest BCUT2D eigenvalue weighted by molar-refractivity contribution is 0.608. The van der Waals surface area contributed by atoms with E-state index in [1.54, 1.807) is 6.33 Å². The summed E-state index contributed by atoms with van der Waals surface area (Å²) in [6.07, 6.45) is 2.75. The molecule has 1 aromatic rings. The molecular formula is C12H21N3. The maximum absolute atomic E-state index is 4.35. The zero-order valence-electron chi connectivity index (χ0n) is 10.2. The van der Waals surface area contributed by atoms with Gasteiger partial charge in [0.2, 0.25) is 0 Å². The molecule has 0 amide bonds. The molecule has 2 heterocycles. The molecule has 0 bridgehead atoms. The van der Waals surface area contributed by atoms with Crippen LogP contribution in [0.5, 0.6) is 0 Å². The van der Waals surface area contributed by atoms with Crippen molar-refractivity contribution in [3.8, 4) is 0 Å². The zero-order valence-corrected chi connectivity index (χ0v) is 10.2. The molecule has 0 spiro atoms. The Bertz CT molecular complexity index is 308. The summed E-state index contributed by atoms with van der Waals surface area (Å²) in [6.45, 7) is 10.3. The van der Waals surface area contributed by atoms with Crippen molar-refractivity contribution in [2.24, 2.45) is 0 Å². The van der Waals surface area contributed by atoms with Gasteiger partial charge >= 0.3 is 0 Å². The summed E-state index contributed by atoms with van der Waals surface area (Å²) in [5.74, 6) is 0.509. The summed E-state index contributed by atoms with van der Waals surface area (Å²) in [5, 5.41) is 3.32. The molecule has 1 N–H and O–H groups in total. The van der Waals surface area contributed by atoms with Gasteiger partial charge in [0.15, 0.2) is 0 Å². The summed E-state index contributed by atoms with van der Waals surface area (Å²) in [6, 6.07) is 0. The molecule has 0 aromatic carbocycles. The number of nitrogens with zero attached hydrogens (tertiary/aromatic N) is 2. The average molecular weight is 207 g/mol. The van der Waals surface area contributed by atoms with Crippen LogP contribution in [0.15, 0.2) is 6.33 Å². The van der Waals surface area contributed by atoms with Crippen LogP contribution in [0.3, 0.4) is 0 Å². The van der Waals surface area contributed by atoms with Crippen LogP contribution in [0.1, 0.15) is 50.6 Å². The Morgan fingerprint density at radius 1 is 1.27 bits per heavy atom. The lowest BCUT2D eigenvalue weighted by Crippen LogP contribution is -2.26. The molecule has 0 aliphatic carbocycles. The third-order valence-electron chi connectivity index (χ3n) is 2.46. The van der Waals surface area contributed by atoms with Crippen LogP contribution in [-0.4, -0.2) is 16.5 Å². The van der Waals surface area contributed by atoms with Crippen molar-refractivity contribution in [2.45, 2.75) is 46.6 Å². The molecule has 1 aliphatic heterocycles. The number of nitrogens with one attached hydrogen (secondary N) is 1. The minimum atomic E-state index is 0.509. The third-order valence-corrected chi connectivity index (χ3v) is 2.46. The number of rotatable bonds is 1. The van der Waals surface area contributed by atoms with Crippen LogP contribution < -0.4 is 5.32 Å². The van der Waals surface area contributed by atoms with E-state index in [4.69, 9.17) is 0 Å². The standard InChI is InChI=1S/C10H15N3.C2H6/c1-7(2)10-8-3-4-11-5-9(8)12-6-13-10;1-2/h6-7,11H,3-5H2,1-2H3;1-2H3. The molecule has 0 saturated carbocycles. The highest BCUT2D eigenvalue weighted by Gasteiger charge is 2.16. The van der Waals surface area contributed by atoms with Crippen molar-refractivity contribution >= 4 is 0 Å². The fourth-order valence-corrected chi connectivity index (χ4v) is 1.81. The first-order valence-corrected chi connectivity index (χ1v) is 5.82. The third kappa shape index (κ3) is 2.75. The van der Waals surface area contributed by atoms with E-state index in [9.17, 15) is 0 Å². The van der Waals surface area contributed by atoms with Crippen LogP contribution in [-0.2, 0) is 13.0 Å². The smallest absolute Gasteiger partial charge is 0.116 e. The van der Waals surface area contributed by atoms with Crippen molar-refractivity contribution in [2.75, 3.05) is 6.54 Å². The lowest BCUT2D eigenvalue weighted by Gasteiger charge is -2.19. The van der Waals surface area contributed by atoms with E-state index in [1.165, 1.54) is 17.0 Å². The average Bonchev–Trinajstić information content (AvgIpc) is 2.31. The Morgan fingerprint density at radius 3 is 2.67 bits per heavy atom. The highest BCUT2D eigenvalue weighted by atomic mass is 14.9. The Hall–Kier alpha value is -0.960. The van der Waals surface area contributed by atoms with Crippen molar-refractivity contribution in [3.05, 3.63) is 23.3 Å². The fourth-order valence-electron chi connectivity index (χ4n) is 1.81. The quantitative estimate of drug-likeness (QED) is 0.767. The predicted molar refractivity (Wildman–Crippen MR) is 62.9 cm³/mol. The van der Waals surface area contributed by atoms with E-state index in [-0.39, 0.29) is 0 Å². The molecule has 0 radical (unpaired) electrons. The van der Waals surface area contributed by atoms with Crippen molar-refractivity contribution in [3.63, 3.8) is 0 Å². The van der Waals surface area contributed by atoms with Gasteiger partial charge in [0.05, 0.1) is 5.69 Å². The Labute approximate surface area is 92.3 Å². The van der Waals surface area contributed by atoms with Crippen molar-refractivity contribution < 1.29 is 0 Å². The molecule has 0 unspecified atom stereocenters. The van der Waals surface area contributed by atoms with Crippen LogP contribution in [0.4, 0.5) is 0 Å². The second-order valence-electron chi connectivity index (χ2n) is 3.77. The molecule has 2 rings (SSSR count). The molecule has 0 atom stereocenters. The van der Waals surface area contributed by atoms with E-state index in [2.05, 4.69) is 29.1 Å². The van der Waals surface area contributed by atoms with Crippen LogP contribution in [0, 0.1) is 0 Å². The number of fused-ring (bicyclic) bond motifs is 1. The summed E-state index contributed by atoms with van der Waals surface area (Å²) in [7, 11) is 0. The minimum Gasteiger partial charge on any atom is -0.311 e. The largest absolute Gasteiger partial charge is 0.311 e. The van der Waals surface area contributed by atoms with E-state index >= 15 is 0 Å². The van der Waals surface area contributed by atoms with Crippen LogP contribution in [0.25, 0.3) is 0 Å². The van der Waals surface area contributed by atoms with Gasteiger partial charge < -0.3 is 5.32 Å². The van der Waals surface area contributed by atoms with Crippen molar-refractivity contribution in [1.82, 2.24) is 15.3 Å². The first-order valence-electron chi connectivity index (χ1n) is 5.82. The summed E-state index contributed by atoms with van der Waals surface area (Å²) in [4.78, 5) is 8.64. The highest BCUT2D eigenvalue weighted by Crippen LogP contribution is 2.20. The van der Waals surface area contributed by atoms with E-state index < -0.39 is 0 Å². The molecule has 0 saturated heterocycles. The molecule has 15 heavy (non-hydrogen) atoms. The molecule has 84 valence electrons. The minimum absolute atomic E-state index is 0.509. The van der Waals surface area contributed by atoms with Crippen LogP contribution in [0.2, 0.25) is 0 Å². The van der Waals surface area contributed by atoms with Gasteiger partial charge in [-0.2, -0.15) is 0 Å². The molecule has 1 aromatic heterocycles. The normalized spacial score (nSPS) is 14.2. The van der Waals surface area contributed by atoms with Gasteiger partial charge in [0.25, 0.3) is 0 Å². The van der Waals surface area contributed by atoms with E-state index in [1.807, 2.05) is 13.8 Å². The molecular weight excluding hydrogens is 186 g/mol. The van der Waals surface area contributed by atoms with Gasteiger partial charge in [-0.15, -0.1) is 0 Å². The Kier molecular flexibility index (Phi) is 4.69. The number of hydrogen-bond donors (Lipinski definition) is 1. The monoisotopic (exact) mass is 207 g/mol. The van der Waals surface area contributed by atoms with Crippen molar-refractivity contribution in [1.29, 1.82) is 0 Å². The fraction of sp³-hybridized carbons (Fsp3) is 0.667. The zero-order chi connectivity index (χ0) is 11.3. The van der Waals surface area contributed by atoms with Crippen LogP contribution >= 0.6 is 0 Å². The maximum Gasteiger partial charge on any atom is 0.116 e. The first-order chi connectivity index (χ1) is 7.29. The molecule has 3 nitrogen and oxygen atoms in total. The lowest BCUT2D eigenvalue weighted by atomic mass is 9.98. The Balaban J connectivity index is 0.000000531. The Morgan fingerprint density at radius 2 is 2.00 bits per heavy atom. The highest BCUT2D eigenvalue weighted by molar-refractivity contribution is 5.28. The first kappa shape index (κ1) is 12.1. The molecule has 3 heteroatoms. The number of aromatic nitrogens is 2. The second-order valence-corrected chi connectivity index (χ2v) is 3.77.